The van der Waals surface area contributed by atoms with Crippen molar-refractivity contribution in [3.8, 4) is 12.3 Å². The van der Waals surface area contributed by atoms with Gasteiger partial charge in [0, 0.05) is 35.5 Å². The second-order valence-corrected chi connectivity index (χ2v) is 7.67. The molecule has 0 spiro atoms. The minimum atomic E-state index is 0. The van der Waals surface area contributed by atoms with Gasteiger partial charge in [0.1, 0.15) is 5.78 Å². The molecule has 0 bridgehead atoms. The van der Waals surface area contributed by atoms with Crippen LogP contribution in [-0.4, -0.2) is 61.0 Å². The highest BCUT2D eigenvalue weighted by Gasteiger charge is 2.42. The Bertz CT molecular complexity index is 473. The van der Waals surface area contributed by atoms with Gasteiger partial charge in [-0.15, -0.1) is 12.3 Å². The van der Waals surface area contributed by atoms with Crippen LogP contribution >= 0.6 is 0 Å². The third-order valence-electron chi connectivity index (χ3n) is 4.81. The van der Waals surface area contributed by atoms with Crippen molar-refractivity contribution in [3.05, 3.63) is 0 Å². The van der Waals surface area contributed by atoms with Crippen LogP contribution in [0, 0.1) is 30.1 Å². The summed E-state index contributed by atoms with van der Waals surface area (Å²) < 4.78 is 5.30. The van der Waals surface area contributed by atoms with Crippen LogP contribution in [0.5, 0.6) is 0 Å². The molecule has 3 atom stereocenters. The summed E-state index contributed by atoms with van der Waals surface area (Å²) in [5.41, 5.74) is 0. The Morgan fingerprint density at radius 3 is 1.86 bits per heavy atom. The first kappa shape index (κ1) is 26.5. The first-order valence-electron chi connectivity index (χ1n) is 10.9. The topological polar surface area (TPSA) is 49.9 Å². The maximum atomic E-state index is 12.4. The molecule has 0 aromatic heterocycles. The molecule has 3 rings (SSSR count). The molecule has 3 fully saturated rings. The number of carbonyl (C=O) groups is 2. The van der Waals surface area contributed by atoms with Gasteiger partial charge in [0.25, 0.3) is 0 Å². The third kappa shape index (κ3) is 9.59. The van der Waals surface area contributed by atoms with E-state index in [1.165, 1.54) is 33.1 Å². The molecule has 5 nitrogen and oxygen atoms in total. The van der Waals surface area contributed by atoms with Gasteiger partial charge in [-0.2, -0.15) is 0 Å². The molecule has 2 saturated heterocycles. The monoisotopic (exact) mass is 398 g/mol. The molecule has 2 amide bonds. The van der Waals surface area contributed by atoms with Crippen LogP contribution in [0.4, 0.5) is 4.79 Å². The largest absolute Gasteiger partial charge is 0.378 e. The molecule has 2 unspecified atom stereocenters. The molecular formula is C23H46N2O3. The average Bonchev–Trinajstić information content (AvgIpc) is 3.23. The molecule has 0 radical (unpaired) electrons. The fourth-order valence-corrected chi connectivity index (χ4v) is 3.87. The fourth-order valence-electron chi connectivity index (χ4n) is 3.87. The lowest BCUT2D eigenvalue weighted by atomic mass is 10.0. The molecule has 1 aliphatic carbocycles. The summed E-state index contributed by atoms with van der Waals surface area (Å²) in [6, 6.07) is 0.214. The lowest BCUT2D eigenvalue weighted by Crippen LogP contribution is -2.47. The summed E-state index contributed by atoms with van der Waals surface area (Å²) in [7, 11) is 0. The molecule has 28 heavy (non-hydrogen) atoms. The van der Waals surface area contributed by atoms with Crippen LogP contribution in [-0.2, 0) is 9.53 Å². The second kappa shape index (κ2) is 15.4. The lowest BCUT2D eigenvalue weighted by Gasteiger charge is -2.31. The maximum Gasteiger partial charge on any atom is 0.320 e. The summed E-state index contributed by atoms with van der Waals surface area (Å²) in [4.78, 5) is 25.8. The van der Waals surface area contributed by atoms with Gasteiger partial charge in [-0.05, 0) is 44.4 Å². The zero-order valence-electron chi connectivity index (χ0n) is 19.0. The van der Waals surface area contributed by atoms with Crippen molar-refractivity contribution in [1.29, 1.82) is 0 Å². The number of ketones is 1. The molecule has 166 valence electrons. The summed E-state index contributed by atoms with van der Waals surface area (Å²) in [5.74, 6) is 5.01. The first-order chi connectivity index (χ1) is 13.4. The van der Waals surface area contributed by atoms with Gasteiger partial charge < -0.3 is 19.3 Å². The maximum absolute atomic E-state index is 12.4. The Kier molecular flexibility index (Phi) is 14.5. The predicted molar refractivity (Wildman–Crippen MR) is 120 cm³/mol. The third-order valence-corrected chi connectivity index (χ3v) is 4.81. The van der Waals surface area contributed by atoms with Crippen LogP contribution in [0.3, 0.4) is 0 Å². The molecule has 5 heteroatoms. The minimum Gasteiger partial charge on any atom is -0.378 e. The number of nitrogens with zero attached hydrogens (tertiary/aromatic N) is 2. The predicted octanol–water partition coefficient (Wildman–Crippen LogP) is 4.95. The zero-order valence-corrected chi connectivity index (χ0v) is 19.0. The van der Waals surface area contributed by atoms with Gasteiger partial charge in [-0.1, -0.05) is 34.1 Å². The van der Waals surface area contributed by atoms with E-state index in [1.807, 2.05) is 23.6 Å². The van der Waals surface area contributed by atoms with E-state index >= 15 is 0 Å². The number of Topliss-reactive ketones (excluding diaryl/α,β-unsaturated/α-hetero) is 1. The number of likely N-dealkylation sites (tertiary alicyclic amines) is 1. The van der Waals surface area contributed by atoms with Crippen LogP contribution in [0.25, 0.3) is 0 Å². The molecule has 0 N–H and O–H groups in total. The Labute approximate surface area is 176 Å². The van der Waals surface area contributed by atoms with Crippen molar-refractivity contribution in [2.75, 3.05) is 39.4 Å². The summed E-state index contributed by atoms with van der Waals surface area (Å²) in [6.07, 6.45) is 9.98. The Hall–Kier alpha value is -1.54. The van der Waals surface area contributed by atoms with E-state index in [0.717, 1.165) is 32.6 Å². The number of morpholine rings is 1. The van der Waals surface area contributed by atoms with Gasteiger partial charge >= 0.3 is 6.03 Å². The number of carbonyl (C=O) groups excluding carboxylic acids is 2. The number of fused-ring (bicyclic) bond motifs is 1. The van der Waals surface area contributed by atoms with E-state index in [9.17, 15) is 9.59 Å². The summed E-state index contributed by atoms with van der Waals surface area (Å²) >= 11 is 0. The highest BCUT2D eigenvalue weighted by molar-refractivity contribution is 5.75. The van der Waals surface area contributed by atoms with Crippen molar-refractivity contribution in [2.24, 2.45) is 17.8 Å². The number of urea groups is 1. The van der Waals surface area contributed by atoms with Gasteiger partial charge in [0.05, 0.1) is 13.2 Å². The Morgan fingerprint density at radius 2 is 1.46 bits per heavy atom. The minimum absolute atomic E-state index is 0. The van der Waals surface area contributed by atoms with E-state index in [-0.39, 0.29) is 14.7 Å². The Balaban J connectivity index is -0.000000576. The molecular weight excluding hydrogens is 352 g/mol. The van der Waals surface area contributed by atoms with E-state index in [1.54, 1.807) is 0 Å². The number of hydrogen-bond donors (Lipinski definition) is 0. The Morgan fingerprint density at radius 1 is 1.04 bits per heavy atom. The second-order valence-electron chi connectivity index (χ2n) is 7.67. The van der Waals surface area contributed by atoms with E-state index in [4.69, 9.17) is 11.2 Å². The first-order valence-corrected chi connectivity index (χ1v) is 10.9. The van der Waals surface area contributed by atoms with Crippen LogP contribution in [0.15, 0.2) is 0 Å². The number of terminal acetylenes is 1. The molecule has 1 saturated carbocycles. The van der Waals surface area contributed by atoms with Crippen molar-refractivity contribution < 1.29 is 17.2 Å². The van der Waals surface area contributed by atoms with Crippen LogP contribution in [0.2, 0.25) is 0 Å². The molecule has 2 heterocycles. The van der Waals surface area contributed by atoms with E-state index in [2.05, 4.69) is 19.8 Å². The quantitative estimate of drug-likeness (QED) is 0.587. The normalized spacial score (nSPS) is 25.0. The smallest absolute Gasteiger partial charge is 0.320 e. The number of amides is 2. The highest BCUT2D eigenvalue weighted by atomic mass is 16.5. The average molecular weight is 399 g/mol. The SMILES string of the molecule is C#CCC1CC2CN(C(=O)N3CCOCC3)C[C@H]2C1.CC.CC(C)=O.CCC.[HH].[HH]. The summed E-state index contributed by atoms with van der Waals surface area (Å²) in [6.45, 7) is 16.0. The lowest BCUT2D eigenvalue weighted by molar-refractivity contribution is -0.114. The fraction of sp³-hybridized carbons (Fsp3) is 0.826. The zero-order chi connectivity index (χ0) is 21.5. The van der Waals surface area contributed by atoms with Crippen LogP contribution < -0.4 is 0 Å². The van der Waals surface area contributed by atoms with E-state index < -0.39 is 0 Å². The molecule has 0 aromatic carbocycles. The van der Waals surface area contributed by atoms with Crippen molar-refractivity contribution in [2.45, 2.75) is 67.2 Å². The van der Waals surface area contributed by atoms with Crippen molar-refractivity contribution >= 4 is 11.8 Å². The number of ether oxygens (including phenoxy) is 1. The van der Waals surface area contributed by atoms with Gasteiger partial charge in [-0.3, -0.25) is 0 Å². The number of hydrogen-bond acceptors (Lipinski definition) is 3. The highest BCUT2D eigenvalue weighted by Crippen LogP contribution is 2.42. The standard InChI is InChI=1S/C15H22N2O2.C3H6O.C3H8.C2H6.2H2/c1-2-3-12-8-13-10-17(11-14(13)9-12)15(18)16-4-6-19-7-5-16;1-3(2)4;1-3-2;1-2;;/h1,12-14H,3-11H2;1-2H3;3H2,1-2H3;1-2H3;2*1H/t12?,13-,14?;;;;;/m1...../s1. The van der Waals surface area contributed by atoms with Gasteiger partial charge in [-0.25, -0.2) is 4.79 Å². The van der Waals surface area contributed by atoms with Gasteiger partial charge in [0.2, 0.25) is 0 Å². The van der Waals surface area contributed by atoms with Crippen molar-refractivity contribution in [3.63, 3.8) is 0 Å². The summed E-state index contributed by atoms with van der Waals surface area (Å²) in [5, 5.41) is 0. The van der Waals surface area contributed by atoms with Crippen molar-refractivity contribution in [1.82, 2.24) is 9.80 Å². The van der Waals surface area contributed by atoms with E-state index in [0.29, 0.717) is 31.0 Å². The number of rotatable bonds is 1. The molecule has 2 aliphatic heterocycles. The van der Waals surface area contributed by atoms with Crippen LogP contribution in [0.1, 0.15) is 70.1 Å². The molecule has 3 aliphatic rings. The molecule has 0 aromatic rings. The van der Waals surface area contributed by atoms with Gasteiger partial charge in [0.15, 0.2) is 0 Å².